The Morgan fingerprint density at radius 1 is 1.12 bits per heavy atom. The number of aryl methyl sites for hydroxylation is 1. The fourth-order valence-corrected chi connectivity index (χ4v) is 2.58. The van der Waals surface area contributed by atoms with Gasteiger partial charge in [0.2, 0.25) is 5.82 Å². The van der Waals surface area contributed by atoms with Gasteiger partial charge >= 0.3 is 5.82 Å². The van der Waals surface area contributed by atoms with E-state index in [1.54, 1.807) is 11.5 Å². The highest BCUT2D eigenvalue weighted by Crippen LogP contribution is 2.23. The second-order valence-corrected chi connectivity index (χ2v) is 5.56. The molecule has 6 heteroatoms. The van der Waals surface area contributed by atoms with Crippen LogP contribution in [0.5, 0.6) is 0 Å². The molecule has 0 aliphatic rings. The maximum Gasteiger partial charge on any atom is 0.381 e. The summed E-state index contributed by atoms with van der Waals surface area (Å²) in [6, 6.07) is 17.6. The van der Waals surface area contributed by atoms with Crippen LogP contribution in [-0.2, 0) is 6.54 Å². The molecule has 0 bridgehead atoms. The predicted octanol–water partition coefficient (Wildman–Crippen LogP) is 3.50. The van der Waals surface area contributed by atoms with E-state index in [4.69, 9.17) is 0 Å². The highest BCUT2D eigenvalue weighted by Gasteiger charge is 2.18. The van der Waals surface area contributed by atoms with Crippen LogP contribution >= 0.6 is 0 Å². The van der Waals surface area contributed by atoms with Gasteiger partial charge in [-0.1, -0.05) is 54.6 Å². The van der Waals surface area contributed by atoms with E-state index < -0.39 is 11.0 Å². The fraction of sp³-hybridized carbons (Fsp3) is 0.167. The molecule has 1 aromatic heterocycles. The largest absolute Gasteiger partial charge is 0.387 e. The van der Waals surface area contributed by atoms with Crippen molar-refractivity contribution in [3.8, 4) is 11.1 Å². The second-order valence-electron chi connectivity index (χ2n) is 5.56. The average Bonchev–Trinajstić information content (AvgIpc) is 2.97. The number of rotatable bonds is 5. The number of hydrogen-bond acceptors (Lipinski definition) is 4. The SMILES string of the molecule is Cc1nc([N+](=O)[O-])cn1C[C@@H](O)c1ccc(-c2ccccc2)cc1. The molecule has 0 saturated heterocycles. The quantitative estimate of drug-likeness (QED) is 0.575. The van der Waals surface area contributed by atoms with Crippen molar-refractivity contribution in [2.24, 2.45) is 0 Å². The number of nitro groups is 1. The van der Waals surface area contributed by atoms with E-state index in [9.17, 15) is 15.2 Å². The minimum Gasteiger partial charge on any atom is -0.387 e. The summed E-state index contributed by atoms with van der Waals surface area (Å²) < 4.78 is 1.59. The first kappa shape index (κ1) is 15.9. The molecule has 24 heavy (non-hydrogen) atoms. The van der Waals surface area contributed by atoms with Gasteiger partial charge in [-0.3, -0.25) is 0 Å². The Kier molecular flexibility index (Phi) is 4.39. The number of nitrogens with zero attached hydrogens (tertiary/aromatic N) is 3. The van der Waals surface area contributed by atoms with Crippen LogP contribution < -0.4 is 0 Å². The number of hydrogen-bond donors (Lipinski definition) is 1. The summed E-state index contributed by atoms with van der Waals surface area (Å²) in [5, 5.41) is 21.2. The fourth-order valence-electron chi connectivity index (χ4n) is 2.58. The van der Waals surface area contributed by atoms with Crippen molar-refractivity contribution in [1.29, 1.82) is 0 Å². The first-order chi connectivity index (χ1) is 11.5. The molecule has 1 heterocycles. The van der Waals surface area contributed by atoms with Crippen LogP contribution in [0.15, 0.2) is 60.8 Å². The molecule has 0 aliphatic heterocycles. The molecule has 6 nitrogen and oxygen atoms in total. The Labute approximate surface area is 139 Å². The molecule has 0 saturated carbocycles. The first-order valence-corrected chi connectivity index (χ1v) is 7.56. The Balaban J connectivity index is 1.76. The van der Waals surface area contributed by atoms with Gasteiger partial charge in [0, 0.05) is 6.92 Å². The highest BCUT2D eigenvalue weighted by atomic mass is 16.6. The minimum absolute atomic E-state index is 0.209. The van der Waals surface area contributed by atoms with Gasteiger partial charge in [-0.2, -0.15) is 0 Å². The van der Waals surface area contributed by atoms with E-state index in [-0.39, 0.29) is 12.4 Å². The number of aliphatic hydroxyl groups is 1. The normalized spacial score (nSPS) is 12.1. The lowest BCUT2D eigenvalue weighted by Gasteiger charge is -2.12. The molecule has 122 valence electrons. The van der Waals surface area contributed by atoms with Crippen LogP contribution in [0.1, 0.15) is 17.5 Å². The van der Waals surface area contributed by atoms with Crippen molar-refractivity contribution in [2.75, 3.05) is 0 Å². The maximum absolute atomic E-state index is 10.8. The number of aromatic nitrogens is 2. The summed E-state index contributed by atoms with van der Waals surface area (Å²) in [6.45, 7) is 1.90. The highest BCUT2D eigenvalue weighted by molar-refractivity contribution is 5.63. The molecule has 0 radical (unpaired) electrons. The van der Waals surface area contributed by atoms with Crippen molar-refractivity contribution >= 4 is 5.82 Å². The lowest BCUT2D eigenvalue weighted by molar-refractivity contribution is -0.389. The molecule has 0 fully saturated rings. The Morgan fingerprint density at radius 3 is 2.33 bits per heavy atom. The molecule has 0 aliphatic carbocycles. The van der Waals surface area contributed by atoms with Crippen molar-refractivity contribution in [3.05, 3.63) is 82.3 Å². The molecular weight excluding hydrogens is 306 g/mol. The van der Waals surface area contributed by atoms with Crippen LogP contribution in [0, 0.1) is 17.0 Å². The maximum atomic E-state index is 10.8. The lowest BCUT2D eigenvalue weighted by Crippen LogP contribution is -2.09. The zero-order valence-electron chi connectivity index (χ0n) is 13.2. The van der Waals surface area contributed by atoms with Crippen LogP contribution in [0.3, 0.4) is 0 Å². The lowest BCUT2D eigenvalue weighted by atomic mass is 10.0. The molecule has 3 rings (SSSR count). The Morgan fingerprint density at radius 2 is 1.75 bits per heavy atom. The third kappa shape index (κ3) is 3.33. The zero-order chi connectivity index (χ0) is 17.1. The molecule has 1 atom stereocenters. The molecular formula is C18H17N3O3. The van der Waals surface area contributed by atoms with Crippen LogP contribution in [0.2, 0.25) is 0 Å². The molecule has 1 N–H and O–H groups in total. The van der Waals surface area contributed by atoms with Gasteiger partial charge in [-0.25, -0.2) is 0 Å². The summed E-state index contributed by atoms with van der Waals surface area (Å²) in [6.07, 6.45) is 0.582. The van der Waals surface area contributed by atoms with E-state index in [0.717, 1.165) is 16.7 Å². The first-order valence-electron chi connectivity index (χ1n) is 7.56. The smallest absolute Gasteiger partial charge is 0.381 e. The van der Waals surface area contributed by atoms with Crippen molar-refractivity contribution < 1.29 is 10.0 Å². The number of benzene rings is 2. The standard InChI is InChI=1S/C18H17N3O3/c1-13-19-18(21(23)24)12-20(13)11-17(22)16-9-7-15(8-10-16)14-5-3-2-4-6-14/h2-10,12,17,22H,11H2,1H3/t17-/m1/s1. The summed E-state index contributed by atoms with van der Waals surface area (Å²) in [4.78, 5) is 14.1. The third-order valence-corrected chi connectivity index (χ3v) is 3.92. The van der Waals surface area contributed by atoms with Gasteiger partial charge in [-0.05, 0) is 26.6 Å². The topological polar surface area (TPSA) is 81.2 Å². The van der Waals surface area contributed by atoms with E-state index in [1.165, 1.54) is 6.20 Å². The molecule has 0 unspecified atom stereocenters. The van der Waals surface area contributed by atoms with E-state index in [1.807, 2.05) is 54.6 Å². The molecule has 0 spiro atoms. The average molecular weight is 323 g/mol. The third-order valence-electron chi connectivity index (χ3n) is 3.92. The Bertz CT molecular complexity index is 842. The van der Waals surface area contributed by atoms with E-state index in [2.05, 4.69) is 4.98 Å². The van der Waals surface area contributed by atoms with Crippen molar-refractivity contribution in [3.63, 3.8) is 0 Å². The number of aliphatic hydroxyl groups excluding tert-OH is 1. The molecule has 3 aromatic rings. The monoisotopic (exact) mass is 323 g/mol. The second kappa shape index (κ2) is 6.64. The Hall–Kier alpha value is -2.99. The van der Waals surface area contributed by atoms with E-state index >= 15 is 0 Å². The van der Waals surface area contributed by atoms with Gasteiger partial charge in [0.05, 0.1) is 12.6 Å². The van der Waals surface area contributed by atoms with Gasteiger partial charge in [-0.15, -0.1) is 0 Å². The van der Waals surface area contributed by atoms with Gasteiger partial charge < -0.3 is 19.8 Å². The van der Waals surface area contributed by atoms with Gasteiger partial charge in [0.15, 0.2) is 0 Å². The van der Waals surface area contributed by atoms with Crippen molar-refractivity contribution in [1.82, 2.24) is 9.55 Å². The number of imidazole rings is 1. The predicted molar refractivity (Wildman–Crippen MR) is 90.5 cm³/mol. The summed E-state index contributed by atoms with van der Waals surface area (Å²) in [5.74, 6) is 0.292. The summed E-state index contributed by atoms with van der Waals surface area (Å²) >= 11 is 0. The van der Waals surface area contributed by atoms with Crippen LogP contribution in [0.25, 0.3) is 11.1 Å². The van der Waals surface area contributed by atoms with E-state index in [0.29, 0.717) is 5.82 Å². The van der Waals surface area contributed by atoms with Gasteiger partial charge in [0.1, 0.15) is 6.20 Å². The zero-order valence-corrected chi connectivity index (χ0v) is 13.2. The molecule has 0 amide bonds. The van der Waals surface area contributed by atoms with Crippen molar-refractivity contribution in [2.45, 2.75) is 19.6 Å². The van der Waals surface area contributed by atoms with Crippen LogP contribution in [-0.4, -0.2) is 19.6 Å². The summed E-state index contributed by atoms with van der Waals surface area (Å²) in [7, 11) is 0. The van der Waals surface area contributed by atoms with Gasteiger partial charge in [0.25, 0.3) is 0 Å². The summed E-state index contributed by atoms with van der Waals surface area (Å²) in [5.41, 5.74) is 2.94. The minimum atomic E-state index is -0.762. The van der Waals surface area contributed by atoms with Crippen LogP contribution in [0.4, 0.5) is 5.82 Å². The molecule has 2 aromatic carbocycles.